The molecule has 1 unspecified atom stereocenters. The summed E-state index contributed by atoms with van der Waals surface area (Å²) in [6, 6.07) is 11.7. The smallest absolute Gasteiger partial charge is 0.154 e. The maximum absolute atomic E-state index is 10.5. The average Bonchev–Trinajstić information content (AvgIpc) is 2.92. The van der Waals surface area contributed by atoms with Crippen LogP contribution in [-0.4, -0.2) is 10.1 Å². The zero-order valence-electron chi connectivity index (χ0n) is 11.6. The highest BCUT2D eigenvalue weighted by Gasteiger charge is 2.19. The van der Waals surface area contributed by atoms with Crippen LogP contribution in [0.15, 0.2) is 47.0 Å². The number of aryl methyl sites for hydroxylation is 2. The van der Waals surface area contributed by atoms with Gasteiger partial charge in [-0.3, -0.25) is 4.98 Å². The second-order valence-corrected chi connectivity index (χ2v) is 4.95. The van der Waals surface area contributed by atoms with Crippen LogP contribution in [0.3, 0.4) is 0 Å². The highest BCUT2D eigenvalue weighted by Crippen LogP contribution is 2.30. The standard InChI is InChI=1S/C17H17NO2/c1-3-12-8-5-9-18-15(12)16(19)14-10-13-7-4-6-11(2)17(13)20-14/h4-10,16,19H,3H2,1-2H3. The van der Waals surface area contributed by atoms with Crippen molar-refractivity contribution in [2.24, 2.45) is 0 Å². The third-order valence-electron chi connectivity index (χ3n) is 3.60. The average molecular weight is 267 g/mol. The van der Waals surface area contributed by atoms with Gasteiger partial charge in [-0.05, 0) is 36.6 Å². The van der Waals surface area contributed by atoms with Gasteiger partial charge in [0, 0.05) is 11.6 Å². The number of fused-ring (bicyclic) bond motifs is 1. The molecule has 20 heavy (non-hydrogen) atoms. The van der Waals surface area contributed by atoms with Crippen molar-refractivity contribution >= 4 is 11.0 Å². The minimum absolute atomic E-state index is 0.544. The number of hydrogen-bond acceptors (Lipinski definition) is 3. The first-order valence-electron chi connectivity index (χ1n) is 6.81. The van der Waals surface area contributed by atoms with E-state index < -0.39 is 6.10 Å². The van der Waals surface area contributed by atoms with E-state index in [0.29, 0.717) is 11.5 Å². The van der Waals surface area contributed by atoms with Gasteiger partial charge in [-0.25, -0.2) is 0 Å². The van der Waals surface area contributed by atoms with Crippen LogP contribution in [0.25, 0.3) is 11.0 Å². The van der Waals surface area contributed by atoms with E-state index in [1.54, 1.807) is 6.20 Å². The van der Waals surface area contributed by atoms with Gasteiger partial charge in [0.1, 0.15) is 11.3 Å². The van der Waals surface area contributed by atoms with Crippen molar-refractivity contribution in [1.82, 2.24) is 4.98 Å². The predicted molar refractivity (Wildman–Crippen MR) is 78.6 cm³/mol. The third kappa shape index (κ3) is 2.10. The minimum atomic E-state index is -0.821. The number of pyridine rings is 1. The topological polar surface area (TPSA) is 46.3 Å². The first kappa shape index (κ1) is 12.9. The van der Waals surface area contributed by atoms with Crippen molar-refractivity contribution in [3.63, 3.8) is 0 Å². The largest absolute Gasteiger partial charge is 0.458 e. The fourth-order valence-corrected chi connectivity index (χ4v) is 2.49. The van der Waals surface area contributed by atoms with E-state index in [1.165, 1.54) is 0 Å². The Labute approximate surface area is 117 Å². The second kappa shape index (κ2) is 5.10. The molecule has 102 valence electrons. The number of aromatic nitrogens is 1. The quantitative estimate of drug-likeness (QED) is 0.785. The zero-order valence-corrected chi connectivity index (χ0v) is 11.6. The molecular weight excluding hydrogens is 250 g/mol. The molecule has 3 nitrogen and oxygen atoms in total. The van der Waals surface area contributed by atoms with Crippen LogP contribution in [0.4, 0.5) is 0 Å². The zero-order chi connectivity index (χ0) is 14.1. The molecule has 1 atom stereocenters. The molecule has 0 saturated carbocycles. The van der Waals surface area contributed by atoms with Gasteiger partial charge in [0.25, 0.3) is 0 Å². The lowest BCUT2D eigenvalue weighted by molar-refractivity contribution is 0.186. The summed E-state index contributed by atoms with van der Waals surface area (Å²) in [7, 11) is 0. The molecule has 0 bridgehead atoms. The van der Waals surface area contributed by atoms with Crippen LogP contribution in [-0.2, 0) is 6.42 Å². The molecule has 0 saturated heterocycles. The first-order valence-corrected chi connectivity index (χ1v) is 6.81. The van der Waals surface area contributed by atoms with Gasteiger partial charge < -0.3 is 9.52 Å². The molecule has 1 aromatic carbocycles. The Morgan fingerprint density at radius 1 is 1.25 bits per heavy atom. The van der Waals surface area contributed by atoms with Crippen molar-refractivity contribution < 1.29 is 9.52 Å². The van der Waals surface area contributed by atoms with Crippen LogP contribution < -0.4 is 0 Å². The first-order chi connectivity index (χ1) is 9.70. The second-order valence-electron chi connectivity index (χ2n) is 4.95. The lowest BCUT2D eigenvalue weighted by Gasteiger charge is -2.11. The number of para-hydroxylation sites is 1. The van der Waals surface area contributed by atoms with Crippen molar-refractivity contribution in [1.29, 1.82) is 0 Å². The summed E-state index contributed by atoms with van der Waals surface area (Å²) in [6.07, 6.45) is 1.71. The predicted octanol–water partition coefficient (Wildman–Crippen LogP) is 3.78. The number of nitrogens with zero attached hydrogens (tertiary/aromatic N) is 1. The van der Waals surface area contributed by atoms with Gasteiger partial charge in [0.15, 0.2) is 6.10 Å². The number of hydrogen-bond donors (Lipinski definition) is 1. The molecule has 0 spiro atoms. The summed E-state index contributed by atoms with van der Waals surface area (Å²) in [5.74, 6) is 0.544. The SMILES string of the molecule is CCc1cccnc1C(O)c1cc2cccc(C)c2o1. The van der Waals surface area contributed by atoms with E-state index in [2.05, 4.69) is 11.9 Å². The summed E-state index contributed by atoms with van der Waals surface area (Å²) in [5, 5.41) is 11.5. The van der Waals surface area contributed by atoms with Crippen LogP contribution in [0.1, 0.15) is 35.6 Å². The summed E-state index contributed by atoms with van der Waals surface area (Å²) in [5.41, 5.74) is 3.61. The van der Waals surface area contributed by atoms with Gasteiger partial charge >= 0.3 is 0 Å². The van der Waals surface area contributed by atoms with E-state index in [0.717, 1.165) is 28.5 Å². The van der Waals surface area contributed by atoms with Crippen LogP contribution in [0, 0.1) is 6.92 Å². The van der Waals surface area contributed by atoms with Gasteiger partial charge in [0.05, 0.1) is 5.69 Å². The fraction of sp³-hybridized carbons (Fsp3) is 0.235. The number of aliphatic hydroxyl groups excluding tert-OH is 1. The third-order valence-corrected chi connectivity index (χ3v) is 3.60. The molecular formula is C17H17NO2. The van der Waals surface area contributed by atoms with Crippen molar-refractivity contribution in [2.75, 3.05) is 0 Å². The summed E-state index contributed by atoms with van der Waals surface area (Å²) in [6.45, 7) is 4.05. The van der Waals surface area contributed by atoms with Crippen LogP contribution in [0.2, 0.25) is 0 Å². The lowest BCUT2D eigenvalue weighted by atomic mass is 10.1. The maximum atomic E-state index is 10.5. The van der Waals surface area contributed by atoms with Crippen molar-refractivity contribution in [3.8, 4) is 0 Å². The molecule has 0 fully saturated rings. The molecule has 3 heteroatoms. The summed E-state index contributed by atoms with van der Waals surface area (Å²) < 4.78 is 5.82. The van der Waals surface area contributed by atoms with Gasteiger partial charge in [-0.1, -0.05) is 31.2 Å². The monoisotopic (exact) mass is 267 g/mol. The Balaban J connectivity index is 2.08. The number of benzene rings is 1. The van der Waals surface area contributed by atoms with E-state index >= 15 is 0 Å². The molecule has 2 aromatic heterocycles. The molecule has 3 aromatic rings. The molecule has 0 aliphatic carbocycles. The maximum Gasteiger partial charge on any atom is 0.154 e. The van der Waals surface area contributed by atoms with E-state index in [1.807, 2.05) is 43.3 Å². The number of aliphatic hydroxyl groups is 1. The molecule has 0 aliphatic heterocycles. The van der Waals surface area contributed by atoms with Crippen molar-refractivity contribution in [3.05, 3.63) is 65.2 Å². The molecule has 3 rings (SSSR count). The Hall–Kier alpha value is -2.13. The Morgan fingerprint density at radius 2 is 2.10 bits per heavy atom. The van der Waals surface area contributed by atoms with Gasteiger partial charge in [-0.2, -0.15) is 0 Å². The van der Waals surface area contributed by atoms with E-state index in [-0.39, 0.29) is 0 Å². The molecule has 1 N–H and O–H groups in total. The van der Waals surface area contributed by atoms with E-state index in [4.69, 9.17) is 4.42 Å². The summed E-state index contributed by atoms with van der Waals surface area (Å²) >= 11 is 0. The van der Waals surface area contributed by atoms with Gasteiger partial charge in [-0.15, -0.1) is 0 Å². The lowest BCUT2D eigenvalue weighted by Crippen LogP contribution is -2.04. The summed E-state index contributed by atoms with van der Waals surface area (Å²) in [4.78, 5) is 4.31. The Bertz CT molecular complexity index is 746. The fourth-order valence-electron chi connectivity index (χ4n) is 2.49. The van der Waals surface area contributed by atoms with Crippen LogP contribution >= 0.6 is 0 Å². The molecule has 0 radical (unpaired) electrons. The van der Waals surface area contributed by atoms with Crippen LogP contribution in [0.5, 0.6) is 0 Å². The van der Waals surface area contributed by atoms with Gasteiger partial charge in [0.2, 0.25) is 0 Å². The highest BCUT2D eigenvalue weighted by molar-refractivity contribution is 5.81. The normalized spacial score (nSPS) is 12.8. The number of rotatable bonds is 3. The Morgan fingerprint density at radius 3 is 2.85 bits per heavy atom. The molecule has 0 aliphatic rings. The highest BCUT2D eigenvalue weighted by atomic mass is 16.4. The minimum Gasteiger partial charge on any atom is -0.458 e. The molecule has 2 heterocycles. The number of furan rings is 1. The Kier molecular flexibility index (Phi) is 3.28. The van der Waals surface area contributed by atoms with E-state index in [9.17, 15) is 5.11 Å². The van der Waals surface area contributed by atoms with Crippen molar-refractivity contribution in [2.45, 2.75) is 26.4 Å². The molecule has 0 amide bonds.